The van der Waals surface area contributed by atoms with Crippen LogP contribution in [0.1, 0.15) is 54.4 Å². The van der Waals surface area contributed by atoms with Gasteiger partial charge in [-0.05, 0) is 67.1 Å². The molecule has 1 N–H and O–H groups in total. The molecule has 4 rings (SSSR count). The van der Waals surface area contributed by atoms with Crippen LogP contribution in [0.4, 0.5) is 0 Å². The van der Waals surface area contributed by atoms with Gasteiger partial charge in [-0.25, -0.2) is 0 Å². The second-order valence-corrected chi connectivity index (χ2v) is 11.2. The smallest absolute Gasteiger partial charge is 0.261 e. The van der Waals surface area contributed by atoms with Crippen LogP contribution in [-0.2, 0) is 22.6 Å². The molecule has 5 nitrogen and oxygen atoms in total. The molecule has 1 aliphatic rings. The van der Waals surface area contributed by atoms with E-state index in [1.807, 2.05) is 62.4 Å². The van der Waals surface area contributed by atoms with Crippen LogP contribution in [0.15, 0.2) is 66.7 Å². The van der Waals surface area contributed by atoms with E-state index in [4.69, 9.17) is 27.9 Å². The van der Waals surface area contributed by atoms with Gasteiger partial charge < -0.3 is 15.0 Å². The Balaban J connectivity index is 1.65. The van der Waals surface area contributed by atoms with Crippen molar-refractivity contribution >= 4 is 35.0 Å². The maximum Gasteiger partial charge on any atom is 0.261 e. The summed E-state index contributed by atoms with van der Waals surface area (Å²) in [4.78, 5) is 29.3. The fourth-order valence-corrected chi connectivity index (χ4v) is 5.49. The molecule has 1 aliphatic carbocycles. The van der Waals surface area contributed by atoms with E-state index in [1.165, 1.54) is 6.42 Å². The Kier molecular flexibility index (Phi) is 10.3. The number of halogens is 2. The van der Waals surface area contributed by atoms with Gasteiger partial charge in [-0.2, -0.15) is 0 Å². The lowest BCUT2D eigenvalue weighted by atomic mass is 9.94. The molecule has 3 aromatic carbocycles. The Bertz CT molecular complexity index is 1280. The van der Waals surface area contributed by atoms with Gasteiger partial charge >= 0.3 is 0 Å². The highest BCUT2D eigenvalue weighted by molar-refractivity contribution is 6.35. The molecular formula is C32H36Cl2N2O3. The third-order valence-electron chi connectivity index (χ3n) is 7.27. The fourth-order valence-electron chi connectivity index (χ4n) is 5.02. The monoisotopic (exact) mass is 566 g/mol. The first-order chi connectivity index (χ1) is 18.8. The molecule has 1 saturated carbocycles. The molecule has 1 fully saturated rings. The minimum Gasteiger partial charge on any atom is -0.483 e. The summed E-state index contributed by atoms with van der Waals surface area (Å²) in [5, 5.41) is 4.20. The summed E-state index contributed by atoms with van der Waals surface area (Å²) >= 11 is 12.7. The van der Waals surface area contributed by atoms with Gasteiger partial charge in [-0.3, -0.25) is 9.59 Å². The summed E-state index contributed by atoms with van der Waals surface area (Å²) in [5.41, 5.74) is 3.67. The van der Waals surface area contributed by atoms with Gasteiger partial charge in [0.2, 0.25) is 5.91 Å². The molecule has 1 atom stereocenters. The normalized spacial score (nSPS) is 14.5. The minimum absolute atomic E-state index is 0.117. The number of hydrogen-bond acceptors (Lipinski definition) is 3. The molecule has 0 spiro atoms. The number of nitrogens with one attached hydrogen (secondary N) is 1. The van der Waals surface area contributed by atoms with Crippen molar-refractivity contribution in [1.82, 2.24) is 10.2 Å². The van der Waals surface area contributed by atoms with Crippen LogP contribution < -0.4 is 10.1 Å². The number of hydrogen-bond donors (Lipinski definition) is 1. The number of rotatable bonds is 10. The molecule has 0 heterocycles. The zero-order chi connectivity index (χ0) is 27.8. The maximum absolute atomic E-state index is 13.9. The number of carbonyl (C=O) groups excluding carboxylic acids is 2. The molecule has 3 aromatic rings. The van der Waals surface area contributed by atoms with Crippen molar-refractivity contribution in [1.29, 1.82) is 0 Å². The topological polar surface area (TPSA) is 58.6 Å². The van der Waals surface area contributed by atoms with Crippen molar-refractivity contribution < 1.29 is 14.3 Å². The molecule has 7 heteroatoms. The molecule has 0 aromatic heterocycles. The number of benzene rings is 3. The summed E-state index contributed by atoms with van der Waals surface area (Å²) < 4.78 is 6.00. The zero-order valence-corrected chi connectivity index (χ0v) is 24.1. The van der Waals surface area contributed by atoms with Crippen LogP contribution >= 0.6 is 23.2 Å². The van der Waals surface area contributed by atoms with Crippen molar-refractivity contribution in [3.63, 3.8) is 0 Å². The van der Waals surface area contributed by atoms with E-state index in [0.29, 0.717) is 27.8 Å². The van der Waals surface area contributed by atoms with Crippen LogP contribution in [0.3, 0.4) is 0 Å². The highest BCUT2D eigenvalue weighted by atomic mass is 35.5. The van der Waals surface area contributed by atoms with E-state index in [9.17, 15) is 9.59 Å². The van der Waals surface area contributed by atoms with E-state index < -0.39 is 6.04 Å². The lowest BCUT2D eigenvalue weighted by molar-refractivity contribution is -0.143. The first-order valence-electron chi connectivity index (χ1n) is 13.6. The standard InChI is InChI=1S/C32H36Cl2N2O3/c1-22-13-14-23(2)30(17-22)39-21-31(37)36(20-25-15-16-26(33)19-28(25)34)29(18-24-9-5-3-6-10-24)32(38)35-27-11-7-4-8-12-27/h3,5-6,9-10,13-17,19,27,29H,4,7-8,11-12,18,20-21H2,1-2H3,(H,35,38). The first kappa shape index (κ1) is 29.0. The molecule has 1 unspecified atom stereocenters. The van der Waals surface area contributed by atoms with Gasteiger partial charge in [0, 0.05) is 29.1 Å². The van der Waals surface area contributed by atoms with Crippen LogP contribution in [0, 0.1) is 13.8 Å². The second-order valence-electron chi connectivity index (χ2n) is 10.4. The van der Waals surface area contributed by atoms with E-state index in [0.717, 1.165) is 42.4 Å². The van der Waals surface area contributed by atoms with Crippen LogP contribution in [0.2, 0.25) is 10.0 Å². The van der Waals surface area contributed by atoms with E-state index in [2.05, 4.69) is 5.32 Å². The predicted octanol–water partition coefficient (Wildman–Crippen LogP) is 7.08. The van der Waals surface area contributed by atoms with Gasteiger partial charge in [-0.1, -0.05) is 91.0 Å². The first-order valence-corrected chi connectivity index (χ1v) is 14.3. The molecule has 39 heavy (non-hydrogen) atoms. The van der Waals surface area contributed by atoms with Crippen molar-refractivity contribution in [3.8, 4) is 5.75 Å². The predicted molar refractivity (Wildman–Crippen MR) is 157 cm³/mol. The highest BCUT2D eigenvalue weighted by Crippen LogP contribution is 2.25. The van der Waals surface area contributed by atoms with Gasteiger partial charge in [-0.15, -0.1) is 0 Å². The fraction of sp³-hybridized carbons (Fsp3) is 0.375. The minimum atomic E-state index is -0.740. The van der Waals surface area contributed by atoms with Crippen LogP contribution in [-0.4, -0.2) is 35.4 Å². The summed E-state index contributed by atoms with van der Waals surface area (Å²) in [6, 6.07) is 20.2. The number of aryl methyl sites for hydroxylation is 2. The summed E-state index contributed by atoms with van der Waals surface area (Å²) in [5.74, 6) is 0.205. The third kappa shape index (κ3) is 8.23. The van der Waals surface area contributed by atoms with E-state index in [-0.39, 0.29) is 31.0 Å². The summed E-state index contributed by atoms with van der Waals surface area (Å²) in [6.07, 6.45) is 5.67. The largest absolute Gasteiger partial charge is 0.483 e. The number of amides is 2. The Morgan fingerprint density at radius 2 is 1.72 bits per heavy atom. The average molecular weight is 568 g/mol. The number of nitrogens with zero attached hydrogens (tertiary/aromatic N) is 1. The quantitative estimate of drug-likeness (QED) is 0.285. The molecule has 0 radical (unpaired) electrons. The number of ether oxygens (including phenoxy) is 1. The Hall–Kier alpha value is -3.02. The lowest BCUT2D eigenvalue weighted by Gasteiger charge is -2.33. The highest BCUT2D eigenvalue weighted by Gasteiger charge is 2.32. The zero-order valence-electron chi connectivity index (χ0n) is 22.6. The van der Waals surface area contributed by atoms with Gasteiger partial charge in [0.1, 0.15) is 11.8 Å². The average Bonchev–Trinajstić information content (AvgIpc) is 2.93. The second kappa shape index (κ2) is 13.9. The van der Waals surface area contributed by atoms with Gasteiger partial charge in [0.15, 0.2) is 6.61 Å². The molecular weight excluding hydrogens is 531 g/mol. The third-order valence-corrected chi connectivity index (χ3v) is 7.86. The Morgan fingerprint density at radius 3 is 2.44 bits per heavy atom. The van der Waals surface area contributed by atoms with Crippen LogP contribution in [0.25, 0.3) is 0 Å². The molecule has 0 bridgehead atoms. The Labute approximate surface area is 241 Å². The number of carbonyl (C=O) groups is 2. The Morgan fingerprint density at radius 1 is 0.974 bits per heavy atom. The van der Waals surface area contributed by atoms with Crippen molar-refractivity contribution in [3.05, 3.63) is 99.0 Å². The van der Waals surface area contributed by atoms with Gasteiger partial charge in [0.05, 0.1) is 0 Å². The maximum atomic E-state index is 13.9. The van der Waals surface area contributed by atoms with Gasteiger partial charge in [0.25, 0.3) is 5.91 Å². The van der Waals surface area contributed by atoms with Crippen molar-refractivity contribution in [2.24, 2.45) is 0 Å². The van der Waals surface area contributed by atoms with Crippen molar-refractivity contribution in [2.45, 2.75) is 71.0 Å². The van der Waals surface area contributed by atoms with Crippen LogP contribution in [0.5, 0.6) is 5.75 Å². The lowest BCUT2D eigenvalue weighted by Crippen LogP contribution is -2.53. The summed E-state index contributed by atoms with van der Waals surface area (Å²) in [6.45, 7) is 3.88. The van der Waals surface area contributed by atoms with Crippen molar-refractivity contribution in [2.75, 3.05) is 6.61 Å². The van der Waals surface area contributed by atoms with E-state index >= 15 is 0 Å². The molecule has 0 aliphatic heterocycles. The molecule has 2 amide bonds. The van der Waals surface area contributed by atoms with E-state index in [1.54, 1.807) is 23.1 Å². The molecule has 206 valence electrons. The summed E-state index contributed by atoms with van der Waals surface area (Å²) in [7, 11) is 0. The SMILES string of the molecule is Cc1ccc(C)c(OCC(=O)N(Cc2ccc(Cl)cc2Cl)C(Cc2ccccc2)C(=O)NC2CCCCC2)c1. The molecule has 0 saturated heterocycles.